The highest BCUT2D eigenvalue weighted by Crippen LogP contribution is 2.23. The third-order valence-electron chi connectivity index (χ3n) is 2.89. The Balaban J connectivity index is 1.91. The van der Waals surface area contributed by atoms with Crippen molar-refractivity contribution >= 4 is 11.8 Å². The van der Waals surface area contributed by atoms with Gasteiger partial charge in [-0.25, -0.2) is 8.78 Å². The van der Waals surface area contributed by atoms with Crippen LogP contribution >= 0.6 is 11.8 Å². The van der Waals surface area contributed by atoms with Crippen LogP contribution in [-0.2, 0) is 12.3 Å². The van der Waals surface area contributed by atoms with Gasteiger partial charge in [0.1, 0.15) is 0 Å². The molecule has 2 aromatic rings. The maximum Gasteiger partial charge on any atom is 0.159 e. The van der Waals surface area contributed by atoms with E-state index in [4.69, 9.17) is 0 Å². The number of thioether (sulfide) groups is 1. The van der Waals surface area contributed by atoms with Gasteiger partial charge in [-0.3, -0.25) is 0 Å². The molecule has 0 heterocycles. The van der Waals surface area contributed by atoms with Gasteiger partial charge in [-0.05, 0) is 41.9 Å². The van der Waals surface area contributed by atoms with Gasteiger partial charge in [0, 0.05) is 17.2 Å². The quantitative estimate of drug-likeness (QED) is 0.794. The lowest BCUT2D eigenvalue weighted by Gasteiger charge is -2.05. The molecule has 0 unspecified atom stereocenters. The van der Waals surface area contributed by atoms with Crippen molar-refractivity contribution in [2.75, 3.05) is 6.54 Å². The average Bonchev–Trinajstić information content (AvgIpc) is 2.47. The van der Waals surface area contributed by atoms with Crippen LogP contribution < -0.4 is 5.32 Å². The fourth-order valence-electron chi connectivity index (χ4n) is 1.77. The average molecular weight is 293 g/mol. The number of hydrogen-bond donors (Lipinski definition) is 1. The molecule has 0 saturated carbocycles. The van der Waals surface area contributed by atoms with Crippen molar-refractivity contribution in [2.45, 2.75) is 24.1 Å². The molecule has 106 valence electrons. The first kappa shape index (κ1) is 15.0. The molecule has 0 radical (unpaired) electrons. The minimum absolute atomic E-state index is 0.629. The number of benzene rings is 2. The highest BCUT2D eigenvalue weighted by Gasteiger charge is 2.03. The predicted octanol–water partition coefficient (Wildman–Crippen LogP) is 4.37. The third kappa shape index (κ3) is 4.32. The highest BCUT2D eigenvalue weighted by atomic mass is 32.2. The molecule has 0 saturated heterocycles. The van der Waals surface area contributed by atoms with E-state index in [0.717, 1.165) is 23.5 Å². The largest absolute Gasteiger partial charge is 0.313 e. The molecule has 2 rings (SSSR count). The first-order valence-electron chi connectivity index (χ1n) is 6.55. The van der Waals surface area contributed by atoms with Gasteiger partial charge >= 0.3 is 0 Å². The monoisotopic (exact) mass is 293 g/mol. The van der Waals surface area contributed by atoms with E-state index in [1.807, 2.05) is 0 Å². The number of hydrogen-bond acceptors (Lipinski definition) is 2. The number of rotatable bonds is 6. The van der Waals surface area contributed by atoms with E-state index in [1.54, 1.807) is 17.8 Å². The molecule has 0 aromatic heterocycles. The van der Waals surface area contributed by atoms with Crippen LogP contribution in [0.25, 0.3) is 0 Å². The van der Waals surface area contributed by atoms with E-state index in [-0.39, 0.29) is 0 Å². The van der Waals surface area contributed by atoms with Crippen LogP contribution in [0.3, 0.4) is 0 Å². The Kier molecular flexibility index (Phi) is 5.56. The molecule has 0 aliphatic heterocycles. The van der Waals surface area contributed by atoms with Crippen LogP contribution in [0.15, 0.2) is 47.4 Å². The Morgan fingerprint density at radius 3 is 2.30 bits per heavy atom. The zero-order valence-electron chi connectivity index (χ0n) is 11.3. The lowest BCUT2D eigenvalue weighted by Crippen LogP contribution is -2.11. The maximum absolute atomic E-state index is 13.1. The second-order valence-corrected chi connectivity index (χ2v) is 5.51. The molecule has 0 fully saturated rings. The Morgan fingerprint density at radius 2 is 1.65 bits per heavy atom. The summed E-state index contributed by atoms with van der Waals surface area (Å²) in [6.45, 7) is 3.89. The van der Waals surface area contributed by atoms with Gasteiger partial charge in [-0.15, -0.1) is 11.8 Å². The van der Waals surface area contributed by atoms with Crippen molar-refractivity contribution in [1.29, 1.82) is 0 Å². The van der Waals surface area contributed by atoms with Crippen molar-refractivity contribution in [1.82, 2.24) is 5.32 Å². The molecule has 0 aliphatic rings. The van der Waals surface area contributed by atoms with Crippen molar-refractivity contribution in [3.05, 3.63) is 65.2 Å². The molecule has 0 atom stereocenters. The summed E-state index contributed by atoms with van der Waals surface area (Å²) in [5.41, 5.74) is 2.02. The van der Waals surface area contributed by atoms with Gasteiger partial charge in [0.25, 0.3) is 0 Å². The molecule has 0 bridgehead atoms. The van der Waals surface area contributed by atoms with Crippen molar-refractivity contribution in [2.24, 2.45) is 0 Å². The van der Waals surface area contributed by atoms with E-state index >= 15 is 0 Å². The maximum atomic E-state index is 13.1. The lowest BCUT2D eigenvalue weighted by atomic mass is 10.2. The van der Waals surface area contributed by atoms with Crippen LogP contribution in [0.4, 0.5) is 8.78 Å². The first-order chi connectivity index (χ1) is 9.69. The van der Waals surface area contributed by atoms with Gasteiger partial charge < -0.3 is 5.32 Å². The highest BCUT2D eigenvalue weighted by molar-refractivity contribution is 7.98. The first-order valence-corrected chi connectivity index (χ1v) is 7.54. The summed E-state index contributed by atoms with van der Waals surface area (Å²) >= 11 is 1.61. The van der Waals surface area contributed by atoms with Crippen LogP contribution in [-0.4, -0.2) is 6.54 Å². The van der Waals surface area contributed by atoms with Gasteiger partial charge in [0.15, 0.2) is 11.6 Å². The summed E-state index contributed by atoms with van der Waals surface area (Å²) in [7, 11) is 0. The Hall–Kier alpha value is -1.39. The number of nitrogens with one attached hydrogen (secondary N) is 1. The van der Waals surface area contributed by atoms with Crippen LogP contribution in [0, 0.1) is 11.6 Å². The summed E-state index contributed by atoms with van der Waals surface area (Å²) in [5.74, 6) is -0.959. The summed E-state index contributed by atoms with van der Waals surface area (Å²) in [4.78, 5) is 1.12. The van der Waals surface area contributed by atoms with E-state index in [2.05, 4.69) is 36.5 Å². The molecule has 4 heteroatoms. The van der Waals surface area contributed by atoms with Crippen LogP contribution in [0.1, 0.15) is 18.1 Å². The van der Waals surface area contributed by atoms with Crippen LogP contribution in [0.2, 0.25) is 0 Å². The fraction of sp³-hybridized carbons (Fsp3) is 0.250. The van der Waals surface area contributed by atoms with E-state index < -0.39 is 11.6 Å². The SMILES string of the molecule is CCNCc1ccc(SCc2ccc(F)c(F)c2)cc1. The molecule has 2 aromatic carbocycles. The van der Waals surface area contributed by atoms with Crippen molar-refractivity contribution in [3.8, 4) is 0 Å². The van der Waals surface area contributed by atoms with Crippen LogP contribution in [0.5, 0.6) is 0 Å². The molecule has 1 N–H and O–H groups in total. The second-order valence-electron chi connectivity index (χ2n) is 4.46. The van der Waals surface area contributed by atoms with Gasteiger partial charge in [0.2, 0.25) is 0 Å². The minimum Gasteiger partial charge on any atom is -0.313 e. The molecular weight excluding hydrogens is 276 g/mol. The Morgan fingerprint density at radius 1 is 0.950 bits per heavy atom. The van der Waals surface area contributed by atoms with Gasteiger partial charge in [-0.2, -0.15) is 0 Å². The van der Waals surface area contributed by atoms with Crippen molar-refractivity contribution in [3.63, 3.8) is 0 Å². The standard InChI is InChI=1S/C16H17F2NS/c1-2-19-10-12-3-6-14(7-4-12)20-11-13-5-8-15(17)16(18)9-13/h3-9,19H,2,10-11H2,1H3. The van der Waals surface area contributed by atoms with E-state index in [9.17, 15) is 8.78 Å². The Labute approximate surface area is 122 Å². The molecule has 0 aliphatic carbocycles. The van der Waals surface area contributed by atoms with E-state index in [0.29, 0.717) is 5.75 Å². The van der Waals surface area contributed by atoms with Gasteiger partial charge in [0.05, 0.1) is 0 Å². The van der Waals surface area contributed by atoms with Gasteiger partial charge in [-0.1, -0.05) is 25.1 Å². The minimum atomic E-state index is -0.800. The fourth-order valence-corrected chi connectivity index (χ4v) is 2.61. The smallest absolute Gasteiger partial charge is 0.159 e. The normalized spacial score (nSPS) is 10.8. The van der Waals surface area contributed by atoms with E-state index in [1.165, 1.54) is 17.7 Å². The third-order valence-corrected chi connectivity index (χ3v) is 3.98. The summed E-state index contributed by atoms with van der Waals surface area (Å²) in [5, 5.41) is 3.27. The second kappa shape index (κ2) is 7.41. The summed E-state index contributed by atoms with van der Waals surface area (Å²) < 4.78 is 25.9. The molecule has 0 amide bonds. The lowest BCUT2D eigenvalue weighted by molar-refractivity contribution is 0.507. The molecular formula is C16H17F2NS. The van der Waals surface area contributed by atoms with Crippen molar-refractivity contribution < 1.29 is 8.78 Å². The molecule has 0 spiro atoms. The molecule has 1 nitrogen and oxygen atoms in total. The Bertz CT molecular complexity index is 555. The molecule has 20 heavy (non-hydrogen) atoms. The summed E-state index contributed by atoms with van der Waals surface area (Å²) in [6.07, 6.45) is 0. The number of halogens is 2. The summed E-state index contributed by atoms with van der Waals surface area (Å²) in [6, 6.07) is 12.3. The zero-order chi connectivity index (χ0) is 14.4. The predicted molar refractivity (Wildman–Crippen MR) is 79.7 cm³/mol. The topological polar surface area (TPSA) is 12.0 Å². The zero-order valence-corrected chi connectivity index (χ0v) is 12.1.